The Morgan fingerprint density at radius 3 is 2.51 bits per heavy atom. The topological polar surface area (TPSA) is 122 Å². The normalized spacial score (nSPS) is 13.0. The van der Waals surface area contributed by atoms with E-state index in [0.717, 1.165) is 5.56 Å². The van der Waals surface area contributed by atoms with Crippen molar-refractivity contribution in [2.24, 2.45) is 0 Å². The number of pyridine rings is 1. The molecule has 1 aliphatic heterocycles. The van der Waals surface area contributed by atoms with Gasteiger partial charge in [0.25, 0.3) is 0 Å². The van der Waals surface area contributed by atoms with Crippen LogP contribution in [-0.4, -0.2) is 54.2 Å². The van der Waals surface area contributed by atoms with Crippen molar-refractivity contribution in [1.29, 1.82) is 0 Å². The second kappa shape index (κ2) is 12.0. The lowest BCUT2D eigenvalue weighted by Crippen LogP contribution is -2.43. The van der Waals surface area contributed by atoms with Crippen LogP contribution in [0, 0.1) is 12.7 Å². The number of amides is 5. The number of halogens is 1. The van der Waals surface area contributed by atoms with E-state index >= 15 is 0 Å². The van der Waals surface area contributed by atoms with Crippen molar-refractivity contribution >= 4 is 29.5 Å². The number of urea groups is 2. The van der Waals surface area contributed by atoms with E-state index in [1.165, 1.54) is 30.5 Å². The van der Waals surface area contributed by atoms with Crippen molar-refractivity contribution < 1.29 is 28.2 Å². The highest BCUT2D eigenvalue weighted by Gasteiger charge is 2.17. The molecule has 0 saturated carbocycles. The van der Waals surface area contributed by atoms with Crippen molar-refractivity contribution in [3.8, 4) is 11.5 Å². The van der Waals surface area contributed by atoms with E-state index in [4.69, 9.17) is 9.47 Å². The largest absolute Gasteiger partial charge is 0.457 e. The number of morpholine rings is 1. The Hall–Kier alpha value is -4.51. The molecule has 5 amide bonds. The molecule has 0 bridgehead atoms. The maximum atomic E-state index is 13.0. The Bertz CT molecular complexity index is 1280. The Balaban J connectivity index is 1.31. The molecule has 3 aromatic rings. The molecule has 2 aromatic carbocycles. The van der Waals surface area contributed by atoms with Crippen LogP contribution in [-0.2, 0) is 16.0 Å². The monoisotopic (exact) mass is 507 g/mol. The summed E-state index contributed by atoms with van der Waals surface area (Å²) in [5, 5.41) is 7.61. The van der Waals surface area contributed by atoms with Crippen LogP contribution in [0.4, 0.5) is 25.5 Å². The summed E-state index contributed by atoms with van der Waals surface area (Å²) in [6.45, 7) is 3.84. The zero-order valence-corrected chi connectivity index (χ0v) is 20.1. The van der Waals surface area contributed by atoms with Crippen molar-refractivity contribution in [3.05, 3.63) is 77.7 Å². The van der Waals surface area contributed by atoms with E-state index in [1.807, 2.05) is 0 Å². The summed E-state index contributed by atoms with van der Waals surface area (Å²) in [7, 11) is 0. The molecule has 0 unspecified atom stereocenters. The SMILES string of the molecule is Cc1cc(NC(=O)NC(=O)Cc2ccc(F)cc2)ccc1Oc1ccnc(NC(=O)N2CCOCC2)c1. The first-order valence-electron chi connectivity index (χ1n) is 11.6. The molecule has 1 fully saturated rings. The van der Waals surface area contributed by atoms with Crippen LogP contribution in [0.3, 0.4) is 0 Å². The maximum absolute atomic E-state index is 13.0. The number of benzene rings is 2. The number of hydrogen-bond acceptors (Lipinski definition) is 6. The molecule has 37 heavy (non-hydrogen) atoms. The summed E-state index contributed by atoms with van der Waals surface area (Å²) in [6, 6.07) is 12.8. The Labute approximate surface area is 212 Å². The number of aromatic nitrogens is 1. The zero-order valence-electron chi connectivity index (χ0n) is 20.1. The lowest BCUT2D eigenvalue weighted by atomic mass is 10.1. The molecule has 1 aliphatic rings. The molecule has 1 aromatic heterocycles. The molecule has 192 valence electrons. The smallest absolute Gasteiger partial charge is 0.325 e. The van der Waals surface area contributed by atoms with Gasteiger partial charge in [0.15, 0.2) is 0 Å². The third-order valence-electron chi connectivity index (χ3n) is 5.46. The standard InChI is InChI=1S/C26H26FN5O5/c1-17-14-20(29-25(34)31-24(33)15-18-2-4-19(27)5-3-18)6-7-22(17)37-21-8-9-28-23(16-21)30-26(35)32-10-12-36-13-11-32/h2-9,14,16H,10-13,15H2,1H3,(H,28,30,35)(H2,29,31,33,34). The number of ether oxygens (including phenoxy) is 2. The second-order valence-electron chi connectivity index (χ2n) is 8.29. The Morgan fingerprint density at radius 2 is 1.78 bits per heavy atom. The predicted octanol–water partition coefficient (Wildman–Crippen LogP) is 4.08. The molecule has 3 N–H and O–H groups in total. The Morgan fingerprint density at radius 1 is 1.03 bits per heavy atom. The van der Waals surface area contributed by atoms with Gasteiger partial charge in [-0.2, -0.15) is 0 Å². The average Bonchev–Trinajstić information content (AvgIpc) is 2.88. The summed E-state index contributed by atoms with van der Waals surface area (Å²) >= 11 is 0. The number of carbonyl (C=O) groups excluding carboxylic acids is 3. The van der Waals surface area contributed by atoms with Gasteiger partial charge >= 0.3 is 12.1 Å². The number of carbonyl (C=O) groups is 3. The molecule has 11 heteroatoms. The number of rotatable bonds is 6. The summed E-state index contributed by atoms with van der Waals surface area (Å²) < 4.78 is 24.2. The number of nitrogens with zero attached hydrogens (tertiary/aromatic N) is 2. The first-order valence-corrected chi connectivity index (χ1v) is 11.6. The van der Waals surface area contributed by atoms with E-state index in [1.54, 1.807) is 42.2 Å². The van der Waals surface area contributed by atoms with E-state index < -0.39 is 17.8 Å². The molecule has 0 aliphatic carbocycles. The fraction of sp³-hybridized carbons (Fsp3) is 0.231. The first kappa shape index (κ1) is 25.6. The molecule has 4 rings (SSSR count). The molecule has 10 nitrogen and oxygen atoms in total. The van der Waals surface area contributed by atoms with E-state index in [2.05, 4.69) is 20.9 Å². The average molecular weight is 508 g/mol. The van der Waals surface area contributed by atoms with Gasteiger partial charge in [0.2, 0.25) is 5.91 Å². The minimum absolute atomic E-state index is 0.0552. The van der Waals surface area contributed by atoms with Crippen LogP contribution in [0.2, 0.25) is 0 Å². The van der Waals surface area contributed by atoms with Crippen LogP contribution >= 0.6 is 0 Å². The lowest BCUT2D eigenvalue weighted by Gasteiger charge is -2.26. The van der Waals surface area contributed by atoms with Crippen LogP contribution in [0.25, 0.3) is 0 Å². The first-order chi connectivity index (χ1) is 17.9. The summed E-state index contributed by atoms with van der Waals surface area (Å²) in [6.07, 6.45) is 1.48. The maximum Gasteiger partial charge on any atom is 0.325 e. The van der Waals surface area contributed by atoms with Crippen LogP contribution < -0.4 is 20.7 Å². The quantitative estimate of drug-likeness (QED) is 0.462. The summed E-state index contributed by atoms with van der Waals surface area (Å²) in [5.41, 5.74) is 1.78. The van der Waals surface area contributed by atoms with Crippen molar-refractivity contribution in [1.82, 2.24) is 15.2 Å². The minimum atomic E-state index is -0.685. The van der Waals surface area contributed by atoms with Gasteiger partial charge in [-0.25, -0.2) is 19.0 Å². The lowest BCUT2D eigenvalue weighted by molar-refractivity contribution is -0.119. The third kappa shape index (κ3) is 7.48. The van der Waals surface area contributed by atoms with E-state index in [0.29, 0.717) is 54.9 Å². The molecule has 0 radical (unpaired) electrons. The number of nitrogens with one attached hydrogen (secondary N) is 3. The molecular weight excluding hydrogens is 481 g/mol. The molecule has 0 spiro atoms. The van der Waals surface area contributed by atoms with Gasteiger partial charge in [0.05, 0.1) is 19.6 Å². The van der Waals surface area contributed by atoms with Crippen molar-refractivity contribution in [2.75, 3.05) is 36.9 Å². The number of anilines is 2. The highest BCUT2D eigenvalue weighted by molar-refractivity contribution is 6.01. The molecule has 1 saturated heterocycles. The van der Waals surface area contributed by atoms with Gasteiger partial charge in [-0.15, -0.1) is 0 Å². The fourth-order valence-corrected chi connectivity index (χ4v) is 3.59. The van der Waals surface area contributed by atoms with Gasteiger partial charge < -0.3 is 19.7 Å². The van der Waals surface area contributed by atoms with Crippen LogP contribution in [0.1, 0.15) is 11.1 Å². The fourth-order valence-electron chi connectivity index (χ4n) is 3.59. The summed E-state index contributed by atoms with van der Waals surface area (Å²) in [5.74, 6) is 0.446. The third-order valence-corrected chi connectivity index (χ3v) is 5.46. The van der Waals surface area contributed by atoms with Crippen molar-refractivity contribution in [3.63, 3.8) is 0 Å². The van der Waals surface area contributed by atoms with Gasteiger partial charge in [-0.3, -0.25) is 15.4 Å². The minimum Gasteiger partial charge on any atom is -0.457 e. The van der Waals surface area contributed by atoms with Gasteiger partial charge in [-0.1, -0.05) is 12.1 Å². The van der Waals surface area contributed by atoms with Gasteiger partial charge in [0, 0.05) is 31.0 Å². The van der Waals surface area contributed by atoms with E-state index in [-0.39, 0.29) is 12.5 Å². The molecule has 0 atom stereocenters. The van der Waals surface area contributed by atoms with Gasteiger partial charge in [0.1, 0.15) is 23.1 Å². The second-order valence-corrected chi connectivity index (χ2v) is 8.29. The Kier molecular flexibility index (Phi) is 8.26. The van der Waals surface area contributed by atoms with Crippen molar-refractivity contribution in [2.45, 2.75) is 13.3 Å². The number of hydrogen-bond donors (Lipinski definition) is 3. The van der Waals surface area contributed by atoms with E-state index in [9.17, 15) is 18.8 Å². The van der Waals surface area contributed by atoms with Gasteiger partial charge in [-0.05, 0) is 54.4 Å². The highest BCUT2D eigenvalue weighted by atomic mass is 19.1. The molecule has 2 heterocycles. The number of imide groups is 1. The van der Waals surface area contributed by atoms with Crippen LogP contribution in [0.5, 0.6) is 11.5 Å². The summed E-state index contributed by atoms with van der Waals surface area (Å²) in [4.78, 5) is 42.5. The number of aryl methyl sites for hydroxylation is 1. The predicted molar refractivity (Wildman–Crippen MR) is 134 cm³/mol. The zero-order chi connectivity index (χ0) is 26.2. The molecular formula is C26H26FN5O5. The van der Waals surface area contributed by atoms with Crippen LogP contribution in [0.15, 0.2) is 60.8 Å². The highest BCUT2D eigenvalue weighted by Crippen LogP contribution is 2.28.